The van der Waals surface area contributed by atoms with Gasteiger partial charge in [0.15, 0.2) is 0 Å². The Labute approximate surface area is 181 Å². The number of carbonyl (C=O) groups excluding carboxylic acids is 2. The molecule has 29 heavy (non-hydrogen) atoms. The average molecular weight is 447 g/mol. The molecule has 1 aliphatic rings. The van der Waals surface area contributed by atoms with Crippen LogP contribution in [0.15, 0.2) is 42.5 Å². The van der Waals surface area contributed by atoms with Gasteiger partial charge in [-0.2, -0.15) is 0 Å². The van der Waals surface area contributed by atoms with E-state index in [1.807, 2.05) is 31.2 Å². The Morgan fingerprint density at radius 2 is 2.00 bits per heavy atom. The molecule has 0 saturated carbocycles. The molecular formula is C20H16Cl2N4O2S. The van der Waals surface area contributed by atoms with Crippen molar-refractivity contribution in [3.63, 3.8) is 0 Å². The first-order valence-electron chi connectivity index (χ1n) is 8.88. The molecule has 1 fully saturated rings. The maximum absolute atomic E-state index is 12.5. The van der Waals surface area contributed by atoms with Gasteiger partial charge in [-0.1, -0.05) is 52.7 Å². The Hall–Kier alpha value is -2.48. The highest BCUT2D eigenvalue weighted by Gasteiger charge is 2.34. The van der Waals surface area contributed by atoms with Crippen molar-refractivity contribution < 1.29 is 9.59 Å². The number of aromatic nitrogens is 2. The number of benzene rings is 2. The number of amides is 2. The van der Waals surface area contributed by atoms with Gasteiger partial charge in [0.05, 0.1) is 10.6 Å². The van der Waals surface area contributed by atoms with Crippen molar-refractivity contribution in [1.29, 1.82) is 0 Å². The second-order valence-electron chi connectivity index (χ2n) is 6.72. The fourth-order valence-electron chi connectivity index (χ4n) is 3.26. The first-order valence-corrected chi connectivity index (χ1v) is 10.5. The van der Waals surface area contributed by atoms with E-state index in [1.54, 1.807) is 17.0 Å². The van der Waals surface area contributed by atoms with Crippen LogP contribution in [0.2, 0.25) is 10.0 Å². The van der Waals surface area contributed by atoms with E-state index in [9.17, 15) is 9.59 Å². The van der Waals surface area contributed by atoms with Gasteiger partial charge in [0.1, 0.15) is 5.01 Å². The van der Waals surface area contributed by atoms with Gasteiger partial charge in [-0.3, -0.25) is 14.9 Å². The molecule has 6 nitrogen and oxygen atoms in total. The smallest absolute Gasteiger partial charge is 0.259 e. The molecule has 1 atom stereocenters. The lowest BCUT2D eigenvalue weighted by Crippen LogP contribution is -2.25. The molecule has 1 unspecified atom stereocenters. The second kappa shape index (κ2) is 8.10. The second-order valence-corrected chi connectivity index (χ2v) is 8.57. The normalized spacial score (nSPS) is 16.3. The highest BCUT2D eigenvalue weighted by atomic mass is 35.5. The number of rotatable bonds is 4. The summed E-state index contributed by atoms with van der Waals surface area (Å²) in [6.07, 6.45) is 0.358. The number of nitrogens with zero attached hydrogens (tertiary/aromatic N) is 3. The number of hydrogen-bond acceptors (Lipinski definition) is 5. The van der Waals surface area contributed by atoms with E-state index < -0.39 is 5.91 Å². The molecule has 148 valence electrons. The molecule has 2 heterocycles. The zero-order valence-electron chi connectivity index (χ0n) is 15.4. The minimum Gasteiger partial charge on any atom is -0.311 e. The quantitative estimate of drug-likeness (QED) is 0.616. The van der Waals surface area contributed by atoms with E-state index in [2.05, 4.69) is 15.5 Å². The van der Waals surface area contributed by atoms with Crippen LogP contribution in [0.5, 0.6) is 0 Å². The van der Waals surface area contributed by atoms with Gasteiger partial charge in [-0.15, -0.1) is 10.2 Å². The van der Waals surface area contributed by atoms with Crippen LogP contribution in [-0.2, 0) is 4.79 Å². The predicted molar refractivity (Wildman–Crippen MR) is 115 cm³/mol. The maximum Gasteiger partial charge on any atom is 0.259 e. The number of para-hydroxylation sites is 1. The molecule has 3 aromatic rings. The minimum absolute atomic E-state index is 0.0517. The van der Waals surface area contributed by atoms with E-state index in [0.29, 0.717) is 33.2 Å². The third kappa shape index (κ3) is 4.12. The number of hydrogen-bond donors (Lipinski definition) is 1. The number of carbonyl (C=O) groups is 2. The molecule has 0 aliphatic carbocycles. The van der Waals surface area contributed by atoms with E-state index in [1.165, 1.54) is 17.4 Å². The minimum atomic E-state index is -0.413. The topological polar surface area (TPSA) is 75.2 Å². The van der Waals surface area contributed by atoms with Crippen molar-refractivity contribution >= 4 is 57.2 Å². The summed E-state index contributed by atoms with van der Waals surface area (Å²) in [5.41, 5.74) is 2.22. The van der Waals surface area contributed by atoms with E-state index >= 15 is 0 Å². The zero-order chi connectivity index (χ0) is 20.5. The number of anilines is 2. The molecule has 0 radical (unpaired) electrons. The fourth-order valence-corrected chi connectivity index (χ4v) is 4.46. The predicted octanol–water partition coefficient (Wildman–Crippen LogP) is 4.93. The zero-order valence-corrected chi connectivity index (χ0v) is 17.7. The highest BCUT2D eigenvalue weighted by Crippen LogP contribution is 2.35. The third-order valence-electron chi connectivity index (χ3n) is 4.71. The van der Waals surface area contributed by atoms with Crippen LogP contribution in [-0.4, -0.2) is 28.6 Å². The molecule has 0 bridgehead atoms. The van der Waals surface area contributed by atoms with Crippen LogP contribution in [0.1, 0.15) is 33.3 Å². The molecule has 1 aliphatic heterocycles. The van der Waals surface area contributed by atoms with Crippen LogP contribution in [0.4, 0.5) is 10.8 Å². The van der Waals surface area contributed by atoms with Crippen LogP contribution in [0.3, 0.4) is 0 Å². The Morgan fingerprint density at radius 1 is 1.21 bits per heavy atom. The lowest BCUT2D eigenvalue weighted by molar-refractivity contribution is -0.117. The first-order chi connectivity index (χ1) is 13.9. The van der Waals surface area contributed by atoms with Crippen LogP contribution < -0.4 is 10.2 Å². The van der Waals surface area contributed by atoms with Gasteiger partial charge in [0.25, 0.3) is 5.91 Å². The lowest BCUT2D eigenvalue weighted by Gasteiger charge is -2.18. The molecule has 1 N–H and O–H groups in total. The summed E-state index contributed by atoms with van der Waals surface area (Å²) in [5.74, 6) is -0.431. The lowest BCUT2D eigenvalue weighted by atomic mass is 10.1. The Bertz CT molecular complexity index is 1100. The number of aryl methyl sites for hydroxylation is 1. The summed E-state index contributed by atoms with van der Waals surface area (Å²) in [4.78, 5) is 26.8. The maximum atomic E-state index is 12.5. The van der Waals surface area contributed by atoms with Crippen molar-refractivity contribution in [1.82, 2.24) is 10.2 Å². The number of nitrogens with one attached hydrogen (secondary N) is 1. The molecule has 4 rings (SSSR count). The molecule has 1 aromatic heterocycles. The summed E-state index contributed by atoms with van der Waals surface area (Å²) in [6.45, 7) is 2.52. The SMILES string of the molecule is Cc1ccccc1N1CC(c2nnc(NC(=O)c3cc(Cl)ccc3Cl)s2)CC1=O. The summed E-state index contributed by atoms with van der Waals surface area (Å²) in [7, 11) is 0. The van der Waals surface area contributed by atoms with Crippen molar-refractivity contribution in [3.8, 4) is 0 Å². The van der Waals surface area contributed by atoms with Gasteiger partial charge >= 0.3 is 0 Å². The van der Waals surface area contributed by atoms with Crippen molar-refractivity contribution in [2.24, 2.45) is 0 Å². The van der Waals surface area contributed by atoms with Crippen molar-refractivity contribution in [3.05, 3.63) is 68.6 Å². The molecule has 1 saturated heterocycles. The van der Waals surface area contributed by atoms with Crippen LogP contribution in [0.25, 0.3) is 0 Å². The summed E-state index contributed by atoms with van der Waals surface area (Å²) in [5, 5.41) is 12.7. The van der Waals surface area contributed by atoms with Gasteiger partial charge in [-0.05, 0) is 36.8 Å². The molecule has 0 spiro atoms. The van der Waals surface area contributed by atoms with Crippen molar-refractivity contribution in [2.75, 3.05) is 16.8 Å². The van der Waals surface area contributed by atoms with Gasteiger partial charge < -0.3 is 4.90 Å². The summed E-state index contributed by atoms with van der Waals surface area (Å²) < 4.78 is 0. The van der Waals surface area contributed by atoms with E-state index in [-0.39, 0.29) is 17.4 Å². The Balaban J connectivity index is 1.48. The largest absolute Gasteiger partial charge is 0.311 e. The van der Waals surface area contributed by atoms with Gasteiger partial charge in [-0.25, -0.2) is 0 Å². The van der Waals surface area contributed by atoms with Gasteiger partial charge in [0, 0.05) is 29.6 Å². The number of halogens is 2. The van der Waals surface area contributed by atoms with Crippen LogP contribution in [0, 0.1) is 6.92 Å². The van der Waals surface area contributed by atoms with E-state index in [4.69, 9.17) is 23.2 Å². The van der Waals surface area contributed by atoms with E-state index in [0.717, 1.165) is 11.3 Å². The summed E-state index contributed by atoms with van der Waals surface area (Å²) >= 11 is 13.3. The standard InChI is InChI=1S/C20H16Cl2N4O2S/c1-11-4-2-3-5-16(11)26-10-12(8-17(26)27)19-24-25-20(29-19)23-18(28)14-9-13(21)6-7-15(14)22/h2-7,9,12H,8,10H2,1H3,(H,23,25,28). The Morgan fingerprint density at radius 3 is 2.79 bits per heavy atom. The van der Waals surface area contributed by atoms with Crippen molar-refractivity contribution in [2.45, 2.75) is 19.3 Å². The van der Waals surface area contributed by atoms with Crippen LogP contribution >= 0.6 is 34.5 Å². The highest BCUT2D eigenvalue weighted by molar-refractivity contribution is 7.15. The fraction of sp³-hybridized carbons (Fsp3) is 0.200. The monoisotopic (exact) mass is 446 g/mol. The average Bonchev–Trinajstić information content (AvgIpc) is 3.30. The first kappa shape index (κ1) is 19.8. The molecule has 2 aromatic carbocycles. The van der Waals surface area contributed by atoms with Gasteiger partial charge in [0.2, 0.25) is 11.0 Å². The molecule has 9 heteroatoms. The third-order valence-corrected chi connectivity index (χ3v) is 6.28. The summed E-state index contributed by atoms with van der Waals surface area (Å²) in [6, 6.07) is 12.5. The Kier molecular flexibility index (Phi) is 5.54. The molecular weight excluding hydrogens is 431 g/mol. The molecule has 2 amide bonds.